The monoisotopic (exact) mass is 403 g/mol. The number of halogens is 1. The SMILES string of the molecule is Cc1cc[nH]c1C1=C2C(=NN=C(c3ccccc3)C2(Cl)Cc2cncn2C)N=N1. The fraction of sp³-hybridized carbons (Fsp3) is 0.190. The first-order chi connectivity index (χ1) is 14.1. The van der Waals surface area contributed by atoms with Gasteiger partial charge in [0.1, 0.15) is 10.6 Å². The topological polar surface area (TPSA) is 83.0 Å². The van der Waals surface area contributed by atoms with Crippen LogP contribution in [0.3, 0.4) is 0 Å². The number of azo groups is 1. The number of fused-ring (bicyclic) bond motifs is 1. The van der Waals surface area contributed by atoms with Gasteiger partial charge in [0, 0.05) is 37.1 Å². The van der Waals surface area contributed by atoms with Crippen LogP contribution in [0.1, 0.15) is 22.5 Å². The molecule has 0 fully saturated rings. The van der Waals surface area contributed by atoms with Gasteiger partial charge in [-0.15, -0.1) is 26.9 Å². The Morgan fingerprint density at radius 2 is 1.93 bits per heavy atom. The first-order valence-corrected chi connectivity index (χ1v) is 9.62. The number of alkyl halides is 1. The molecule has 1 aromatic carbocycles. The van der Waals surface area contributed by atoms with Crippen LogP contribution in [0.2, 0.25) is 0 Å². The van der Waals surface area contributed by atoms with Gasteiger partial charge in [0.05, 0.1) is 23.3 Å². The number of hydrogen-bond donors (Lipinski definition) is 1. The predicted molar refractivity (Wildman–Crippen MR) is 113 cm³/mol. The Morgan fingerprint density at radius 3 is 2.62 bits per heavy atom. The van der Waals surface area contributed by atoms with Gasteiger partial charge >= 0.3 is 0 Å². The average Bonchev–Trinajstić information content (AvgIpc) is 3.43. The van der Waals surface area contributed by atoms with Crippen molar-refractivity contribution in [2.45, 2.75) is 18.2 Å². The second kappa shape index (κ2) is 6.63. The van der Waals surface area contributed by atoms with E-state index in [2.05, 4.69) is 30.4 Å². The van der Waals surface area contributed by atoms with E-state index < -0.39 is 4.87 Å². The van der Waals surface area contributed by atoms with Gasteiger partial charge in [-0.1, -0.05) is 30.3 Å². The summed E-state index contributed by atoms with van der Waals surface area (Å²) in [5, 5.41) is 17.5. The smallest absolute Gasteiger partial charge is 0.204 e. The first-order valence-electron chi connectivity index (χ1n) is 9.25. The van der Waals surface area contributed by atoms with Crippen molar-refractivity contribution in [1.82, 2.24) is 14.5 Å². The zero-order chi connectivity index (χ0) is 20.0. The van der Waals surface area contributed by atoms with Crippen LogP contribution in [0.5, 0.6) is 0 Å². The summed E-state index contributed by atoms with van der Waals surface area (Å²) in [6.45, 7) is 2.02. The molecule has 0 amide bonds. The van der Waals surface area contributed by atoms with E-state index in [1.54, 1.807) is 6.33 Å². The molecule has 5 rings (SSSR count). The van der Waals surface area contributed by atoms with Crippen LogP contribution < -0.4 is 0 Å². The Balaban J connectivity index is 1.74. The van der Waals surface area contributed by atoms with E-state index >= 15 is 0 Å². The summed E-state index contributed by atoms with van der Waals surface area (Å²) in [5.74, 6) is 0.450. The van der Waals surface area contributed by atoms with E-state index in [1.165, 1.54) is 0 Å². The number of aromatic amines is 1. The number of hydrogen-bond acceptors (Lipinski definition) is 5. The molecule has 7 nitrogen and oxygen atoms in total. The molecule has 1 unspecified atom stereocenters. The summed E-state index contributed by atoms with van der Waals surface area (Å²) in [5.41, 5.74) is 5.98. The zero-order valence-corrected chi connectivity index (χ0v) is 16.7. The molecule has 4 heterocycles. The summed E-state index contributed by atoms with van der Waals surface area (Å²) < 4.78 is 1.96. The van der Waals surface area contributed by atoms with E-state index in [0.29, 0.717) is 23.7 Å². The van der Waals surface area contributed by atoms with E-state index in [4.69, 9.17) is 11.6 Å². The van der Waals surface area contributed by atoms with Crippen molar-refractivity contribution in [3.05, 3.63) is 83.2 Å². The summed E-state index contributed by atoms with van der Waals surface area (Å²) in [7, 11) is 1.95. The molecule has 8 heteroatoms. The number of aromatic nitrogens is 3. The van der Waals surface area contributed by atoms with E-state index in [-0.39, 0.29) is 0 Å². The minimum atomic E-state index is -0.997. The van der Waals surface area contributed by atoms with Crippen LogP contribution in [0.4, 0.5) is 0 Å². The van der Waals surface area contributed by atoms with Crippen molar-refractivity contribution < 1.29 is 0 Å². The molecule has 0 saturated heterocycles. The highest BCUT2D eigenvalue weighted by Gasteiger charge is 2.48. The maximum Gasteiger partial charge on any atom is 0.204 e. The first kappa shape index (κ1) is 17.8. The van der Waals surface area contributed by atoms with Crippen LogP contribution in [0.15, 0.2) is 81.1 Å². The van der Waals surface area contributed by atoms with Gasteiger partial charge in [0.15, 0.2) is 0 Å². The molecule has 29 heavy (non-hydrogen) atoms. The lowest BCUT2D eigenvalue weighted by molar-refractivity contribution is 0.757. The lowest BCUT2D eigenvalue weighted by Crippen LogP contribution is -2.42. The second-order valence-corrected chi connectivity index (χ2v) is 7.82. The van der Waals surface area contributed by atoms with Crippen molar-refractivity contribution in [3.63, 3.8) is 0 Å². The van der Waals surface area contributed by atoms with Gasteiger partial charge in [-0.25, -0.2) is 4.98 Å². The Kier molecular flexibility index (Phi) is 4.06. The van der Waals surface area contributed by atoms with Crippen molar-refractivity contribution in [1.29, 1.82) is 0 Å². The Morgan fingerprint density at radius 1 is 1.10 bits per heavy atom. The number of benzene rings is 1. The highest BCUT2D eigenvalue weighted by molar-refractivity contribution is 6.46. The van der Waals surface area contributed by atoms with Gasteiger partial charge in [0.25, 0.3) is 0 Å². The molecular formula is C21H18ClN7. The maximum absolute atomic E-state index is 7.46. The molecule has 3 aromatic rings. The number of amidine groups is 1. The van der Waals surface area contributed by atoms with Gasteiger partial charge in [-0.2, -0.15) is 5.10 Å². The second-order valence-electron chi connectivity index (χ2n) is 7.17. The standard InChI is InChI=1S/C21H18ClN7/c1-13-8-9-24-17(13)18-16-20(27-25-18)28-26-19(14-6-4-3-5-7-14)21(16,22)10-15-11-23-12-29(15)2/h3-9,11-12,24H,10H2,1-2H3. The fourth-order valence-corrected chi connectivity index (χ4v) is 4.23. The van der Waals surface area contributed by atoms with Crippen LogP contribution in [0.25, 0.3) is 5.70 Å². The molecular weight excluding hydrogens is 386 g/mol. The largest absolute Gasteiger partial charge is 0.360 e. The van der Waals surface area contributed by atoms with Crippen molar-refractivity contribution in [3.8, 4) is 0 Å². The molecule has 0 bridgehead atoms. The highest BCUT2D eigenvalue weighted by Crippen LogP contribution is 2.44. The van der Waals surface area contributed by atoms with E-state index in [9.17, 15) is 0 Å². The Hall–Kier alpha value is -3.32. The van der Waals surface area contributed by atoms with Crippen LogP contribution in [-0.2, 0) is 13.5 Å². The number of H-pyrrole nitrogens is 1. The maximum atomic E-state index is 7.46. The molecule has 1 N–H and O–H groups in total. The van der Waals surface area contributed by atoms with Crippen LogP contribution in [-0.4, -0.2) is 31.0 Å². The number of aryl methyl sites for hydroxylation is 2. The van der Waals surface area contributed by atoms with Crippen molar-refractivity contribution in [2.24, 2.45) is 27.5 Å². The third kappa shape index (κ3) is 2.77. The summed E-state index contributed by atoms with van der Waals surface area (Å²) in [6, 6.07) is 11.9. The fourth-order valence-electron chi connectivity index (χ4n) is 3.77. The van der Waals surface area contributed by atoms with E-state index in [1.807, 2.05) is 67.3 Å². The predicted octanol–water partition coefficient (Wildman–Crippen LogP) is 4.27. The van der Waals surface area contributed by atoms with Crippen LogP contribution >= 0.6 is 11.6 Å². The van der Waals surface area contributed by atoms with Gasteiger partial charge in [-0.05, 0) is 18.6 Å². The summed E-state index contributed by atoms with van der Waals surface area (Å²) in [4.78, 5) is 6.51. The number of rotatable bonds is 4. The number of nitrogens with zero attached hydrogens (tertiary/aromatic N) is 6. The summed E-state index contributed by atoms with van der Waals surface area (Å²) >= 11 is 7.46. The molecule has 144 valence electrons. The molecule has 0 radical (unpaired) electrons. The third-order valence-corrected chi connectivity index (χ3v) is 5.80. The lowest BCUT2D eigenvalue weighted by atomic mass is 9.82. The number of imidazole rings is 1. The normalized spacial score (nSPS) is 20.7. The lowest BCUT2D eigenvalue weighted by Gasteiger charge is -2.32. The molecule has 0 saturated carbocycles. The third-order valence-electron chi connectivity index (χ3n) is 5.30. The Labute approximate surface area is 172 Å². The van der Waals surface area contributed by atoms with Crippen molar-refractivity contribution in [2.75, 3.05) is 0 Å². The van der Waals surface area contributed by atoms with E-state index in [0.717, 1.165) is 28.1 Å². The Bertz CT molecular complexity index is 1210. The molecule has 2 aliphatic heterocycles. The van der Waals surface area contributed by atoms with Gasteiger partial charge in [0.2, 0.25) is 5.84 Å². The van der Waals surface area contributed by atoms with Gasteiger partial charge in [-0.3, -0.25) is 0 Å². The highest BCUT2D eigenvalue weighted by atomic mass is 35.5. The molecule has 0 spiro atoms. The molecule has 0 aliphatic carbocycles. The zero-order valence-electron chi connectivity index (χ0n) is 16.0. The average molecular weight is 404 g/mol. The van der Waals surface area contributed by atoms with Crippen molar-refractivity contribution >= 4 is 28.8 Å². The quantitative estimate of drug-likeness (QED) is 0.648. The minimum Gasteiger partial charge on any atom is -0.360 e. The molecule has 1 atom stereocenters. The van der Waals surface area contributed by atoms with Crippen LogP contribution in [0, 0.1) is 6.92 Å². The summed E-state index contributed by atoms with van der Waals surface area (Å²) in [6.07, 6.45) is 5.94. The number of nitrogens with one attached hydrogen (secondary N) is 1. The minimum absolute atomic E-state index is 0.450. The molecule has 2 aliphatic rings. The molecule has 2 aromatic heterocycles. The van der Waals surface area contributed by atoms with Gasteiger partial charge < -0.3 is 9.55 Å².